The Kier molecular flexibility index (Phi) is 7.31. The second-order valence-corrected chi connectivity index (χ2v) is 11.6. The topological polar surface area (TPSA) is 118 Å². The normalized spacial score (nSPS) is 18.4. The van der Waals surface area contributed by atoms with Crippen LogP contribution >= 0.6 is 11.6 Å². The van der Waals surface area contributed by atoms with Crippen LogP contribution in [0.2, 0.25) is 5.02 Å². The molecule has 0 bridgehead atoms. The van der Waals surface area contributed by atoms with Gasteiger partial charge in [0.25, 0.3) is 5.91 Å². The van der Waals surface area contributed by atoms with Crippen molar-refractivity contribution < 1.29 is 23.8 Å². The molecule has 3 N–H and O–H groups in total. The minimum absolute atomic E-state index is 0.182. The van der Waals surface area contributed by atoms with E-state index < -0.39 is 11.1 Å². The number of amides is 2. The molecular formula is C29H34ClN5O5. The Morgan fingerprint density at radius 1 is 1.27 bits per heavy atom. The number of nitrogens with zero attached hydrogens (tertiary/aromatic N) is 2. The zero-order chi connectivity index (χ0) is 28.7. The number of H-pyrrole nitrogens is 1. The van der Waals surface area contributed by atoms with Crippen LogP contribution in [0.3, 0.4) is 0 Å². The van der Waals surface area contributed by atoms with Gasteiger partial charge in [-0.05, 0) is 52.3 Å². The molecule has 0 radical (unpaired) electrons. The predicted molar refractivity (Wildman–Crippen MR) is 153 cm³/mol. The fourth-order valence-electron chi connectivity index (χ4n) is 4.97. The second kappa shape index (κ2) is 10.6. The van der Waals surface area contributed by atoms with E-state index in [4.69, 9.17) is 25.8 Å². The van der Waals surface area contributed by atoms with Crippen molar-refractivity contribution in [3.63, 3.8) is 0 Å². The van der Waals surface area contributed by atoms with Gasteiger partial charge in [0.15, 0.2) is 5.75 Å². The maximum atomic E-state index is 13.0. The van der Waals surface area contributed by atoms with Crippen molar-refractivity contribution in [3.8, 4) is 22.8 Å². The third kappa shape index (κ3) is 5.28. The highest BCUT2D eigenvalue weighted by molar-refractivity contribution is 6.32. The number of hydrogen-bond donors (Lipinski definition) is 3. The maximum Gasteiger partial charge on any atom is 0.410 e. The highest BCUT2D eigenvalue weighted by Gasteiger charge is 2.46. The number of aromatic amines is 1. The summed E-state index contributed by atoms with van der Waals surface area (Å²) in [7, 11) is 1.54. The largest absolute Gasteiger partial charge is 0.493 e. The van der Waals surface area contributed by atoms with Crippen LogP contribution < -0.4 is 20.1 Å². The Bertz CT molecular complexity index is 1450. The Hall–Kier alpha value is -3.92. The van der Waals surface area contributed by atoms with Crippen LogP contribution in [0, 0.1) is 0 Å². The third-order valence-electron chi connectivity index (χ3n) is 7.13. The molecule has 11 heteroatoms. The molecule has 0 saturated carbocycles. The molecule has 1 aromatic carbocycles. The van der Waals surface area contributed by atoms with Gasteiger partial charge in [0.1, 0.15) is 18.0 Å². The zero-order valence-electron chi connectivity index (χ0n) is 23.3. The fraction of sp³-hybridized carbons (Fsp3) is 0.414. The number of fused-ring (bicyclic) bond motifs is 1. The van der Waals surface area contributed by atoms with E-state index in [0.29, 0.717) is 64.2 Å². The van der Waals surface area contributed by atoms with Crippen molar-refractivity contribution in [1.82, 2.24) is 20.2 Å². The molecule has 3 aromatic rings. The number of rotatable bonds is 7. The first-order chi connectivity index (χ1) is 19.0. The monoisotopic (exact) mass is 567 g/mol. The highest BCUT2D eigenvalue weighted by Crippen LogP contribution is 2.43. The Morgan fingerprint density at radius 3 is 2.77 bits per heavy atom. The summed E-state index contributed by atoms with van der Waals surface area (Å²) in [6, 6.07) is 7.21. The SMILES string of the molecule is COc1c(Cl)cccc1Nc1c(-c2ccncc2OCC2(C)CCN2C(=O)OC(C)(C)C)[nH]c2c1C(=O)NCC2. The van der Waals surface area contributed by atoms with Gasteiger partial charge in [-0.25, -0.2) is 4.79 Å². The number of anilines is 2. The van der Waals surface area contributed by atoms with Gasteiger partial charge in [-0.15, -0.1) is 0 Å². The predicted octanol–water partition coefficient (Wildman–Crippen LogP) is 5.55. The van der Waals surface area contributed by atoms with E-state index in [2.05, 4.69) is 20.6 Å². The lowest BCUT2D eigenvalue weighted by molar-refractivity contribution is -0.0533. The number of ether oxygens (including phenoxy) is 3. The number of carbonyl (C=O) groups excluding carboxylic acids is 2. The Balaban J connectivity index is 1.48. The number of pyridine rings is 1. The number of benzene rings is 1. The Labute approximate surface area is 238 Å². The van der Waals surface area contributed by atoms with Crippen molar-refractivity contribution >= 4 is 35.0 Å². The smallest absolute Gasteiger partial charge is 0.410 e. The quantitative estimate of drug-likeness (QED) is 0.343. The molecule has 1 saturated heterocycles. The molecule has 10 nitrogen and oxygen atoms in total. The molecule has 1 atom stereocenters. The first-order valence-corrected chi connectivity index (χ1v) is 13.6. The molecular weight excluding hydrogens is 534 g/mol. The molecule has 1 fully saturated rings. The fourth-order valence-corrected chi connectivity index (χ4v) is 5.23. The van der Waals surface area contributed by atoms with E-state index >= 15 is 0 Å². The van der Waals surface area contributed by atoms with Crippen molar-refractivity contribution in [1.29, 1.82) is 0 Å². The summed E-state index contributed by atoms with van der Waals surface area (Å²) in [4.78, 5) is 35.2. The van der Waals surface area contributed by atoms with Gasteiger partial charge in [-0.2, -0.15) is 0 Å². The van der Waals surface area contributed by atoms with Crippen molar-refractivity contribution in [2.75, 3.05) is 32.1 Å². The first-order valence-electron chi connectivity index (χ1n) is 13.2. The van der Waals surface area contributed by atoms with E-state index in [1.165, 1.54) is 0 Å². The molecule has 212 valence electrons. The molecule has 0 aliphatic carbocycles. The van der Waals surface area contributed by atoms with Gasteiger partial charge >= 0.3 is 6.09 Å². The molecule has 0 spiro atoms. The van der Waals surface area contributed by atoms with Gasteiger partial charge in [0, 0.05) is 37.0 Å². The number of methoxy groups -OCH3 is 1. The molecule has 5 rings (SSSR count). The average molecular weight is 568 g/mol. The van der Waals surface area contributed by atoms with Crippen molar-refractivity contribution in [2.24, 2.45) is 0 Å². The van der Waals surface area contributed by atoms with Gasteiger partial charge < -0.3 is 29.8 Å². The number of hydrogen-bond acceptors (Lipinski definition) is 7. The molecule has 2 aliphatic heterocycles. The minimum atomic E-state index is -0.584. The maximum absolute atomic E-state index is 13.0. The molecule has 2 aromatic heterocycles. The van der Waals surface area contributed by atoms with Crippen LogP contribution in [-0.4, -0.2) is 64.8 Å². The number of carbonyl (C=O) groups is 2. The highest BCUT2D eigenvalue weighted by atomic mass is 35.5. The van der Waals surface area contributed by atoms with Gasteiger partial charge in [-0.1, -0.05) is 17.7 Å². The summed E-state index contributed by atoms with van der Waals surface area (Å²) in [6.07, 6.45) is 4.37. The lowest BCUT2D eigenvalue weighted by Crippen LogP contribution is -2.63. The second-order valence-electron chi connectivity index (χ2n) is 11.2. The summed E-state index contributed by atoms with van der Waals surface area (Å²) in [6.45, 7) is 8.90. The minimum Gasteiger partial charge on any atom is -0.493 e. The lowest BCUT2D eigenvalue weighted by Gasteiger charge is -2.49. The zero-order valence-corrected chi connectivity index (χ0v) is 24.1. The third-order valence-corrected chi connectivity index (χ3v) is 7.43. The molecule has 40 heavy (non-hydrogen) atoms. The van der Waals surface area contributed by atoms with E-state index in [1.54, 1.807) is 30.5 Å². The summed E-state index contributed by atoms with van der Waals surface area (Å²) in [5, 5.41) is 6.76. The number of halogens is 1. The van der Waals surface area contributed by atoms with Gasteiger partial charge in [0.05, 0.1) is 46.5 Å². The first kappa shape index (κ1) is 27.6. The van der Waals surface area contributed by atoms with Crippen LogP contribution in [0.1, 0.15) is 50.2 Å². The number of para-hydroxylation sites is 1. The number of nitrogens with one attached hydrogen (secondary N) is 3. The van der Waals surface area contributed by atoms with Gasteiger partial charge in [-0.3, -0.25) is 14.7 Å². The summed E-state index contributed by atoms with van der Waals surface area (Å²) < 4.78 is 17.5. The lowest BCUT2D eigenvalue weighted by atomic mass is 9.88. The molecule has 4 heterocycles. The summed E-state index contributed by atoms with van der Waals surface area (Å²) >= 11 is 6.38. The van der Waals surface area contributed by atoms with Crippen LogP contribution in [-0.2, 0) is 11.2 Å². The van der Waals surface area contributed by atoms with E-state index in [9.17, 15) is 9.59 Å². The molecule has 2 aliphatic rings. The van der Waals surface area contributed by atoms with E-state index in [0.717, 1.165) is 12.1 Å². The van der Waals surface area contributed by atoms with Crippen LogP contribution in [0.15, 0.2) is 36.7 Å². The van der Waals surface area contributed by atoms with E-state index in [1.807, 2.05) is 45.9 Å². The van der Waals surface area contributed by atoms with Crippen LogP contribution in [0.5, 0.6) is 11.5 Å². The van der Waals surface area contributed by atoms with E-state index in [-0.39, 0.29) is 18.6 Å². The number of aromatic nitrogens is 2. The van der Waals surface area contributed by atoms with Crippen LogP contribution in [0.25, 0.3) is 11.3 Å². The number of likely N-dealkylation sites (tertiary alicyclic amines) is 1. The Morgan fingerprint density at radius 2 is 2.08 bits per heavy atom. The summed E-state index contributed by atoms with van der Waals surface area (Å²) in [5.41, 5.74) is 2.80. The molecule has 2 amide bonds. The average Bonchev–Trinajstić information content (AvgIpc) is 3.25. The molecule has 1 unspecified atom stereocenters. The standard InChI is InChI=1S/C29H34ClN5O5/c1-28(2,3)40-27(37)35-14-11-29(35,4)16-39-21-15-31-12-9-17(21)23-24(22-19(33-23)10-13-32-26(22)36)34-20-8-6-7-18(30)25(20)38-5/h6-9,12,15,33-34H,10-11,13-14,16H2,1-5H3,(H,32,36). The van der Waals surface area contributed by atoms with Gasteiger partial charge in [0.2, 0.25) is 0 Å². The summed E-state index contributed by atoms with van der Waals surface area (Å²) in [5.74, 6) is 0.797. The van der Waals surface area contributed by atoms with Crippen molar-refractivity contribution in [3.05, 3.63) is 52.9 Å². The van der Waals surface area contributed by atoms with Crippen molar-refractivity contribution in [2.45, 2.75) is 51.7 Å². The van der Waals surface area contributed by atoms with Crippen LogP contribution in [0.4, 0.5) is 16.2 Å².